The van der Waals surface area contributed by atoms with Crippen LogP contribution in [0.15, 0.2) is 133 Å². The Morgan fingerprint density at radius 1 is 0.531 bits per heavy atom. The molecule has 0 amide bonds. The maximum Gasteiger partial charge on any atom is 0.416 e. The van der Waals surface area contributed by atoms with Gasteiger partial charge in [-0.25, -0.2) is 19.8 Å². The minimum Gasteiger partial charge on any atom is -0.247 e. The molecule has 8 rings (SSSR count). The molecule has 0 unspecified atom stereocenters. The first kappa shape index (κ1) is 30.0. The van der Waals surface area contributed by atoms with Crippen LogP contribution < -0.4 is 0 Å². The zero-order chi connectivity index (χ0) is 33.7. The van der Waals surface area contributed by atoms with E-state index in [-0.39, 0.29) is 0 Å². The van der Waals surface area contributed by atoms with E-state index in [0.29, 0.717) is 61.4 Å². The van der Waals surface area contributed by atoms with Crippen molar-refractivity contribution in [2.45, 2.75) is 13.1 Å². The molecular weight excluding hydrogens is 617 g/mol. The lowest BCUT2D eigenvalue weighted by atomic mass is 9.94. The monoisotopic (exact) mass is 642 g/mol. The number of alkyl halides is 3. The summed E-state index contributed by atoms with van der Waals surface area (Å²) in [6.07, 6.45) is -4.45. The second-order valence-corrected chi connectivity index (χ2v) is 11.9. The van der Waals surface area contributed by atoms with Crippen molar-refractivity contribution < 1.29 is 13.2 Å². The number of para-hydroxylation sites is 1. The molecule has 0 aliphatic rings. The van der Waals surface area contributed by atoms with Gasteiger partial charge in [0.1, 0.15) is 0 Å². The molecule has 0 N–H and O–H groups in total. The first-order valence-corrected chi connectivity index (χ1v) is 15.6. The Morgan fingerprint density at radius 2 is 1.10 bits per heavy atom. The van der Waals surface area contributed by atoms with Crippen LogP contribution in [-0.4, -0.2) is 15.0 Å². The lowest BCUT2D eigenvalue weighted by molar-refractivity contribution is -0.137. The maximum atomic E-state index is 13.6. The highest BCUT2D eigenvalue weighted by Crippen LogP contribution is 2.44. The highest BCUT2D eigenvalue weighted by Gasteiger charge is 2.31. The average molecular weight is 643 g/mol. The molecule has 0 atom stereocenters. The lowest BCUT2D eigenvalue weighted by Gasteiger charge is -2.16. The fourth-order valence-electron chi connectivity index (χ4n) is 6.47. The van der Waals surface area contributed by atoms with E-state index in [1.54, 1.807) is 19.1 Å². The van der Waals surface area contributed by atoms with Crippen molar-refractivity contribution in [3.8, 4) is 44.9 Å². The summed E-state index contributed by atoms with van der Waals surface area (Å²) in [5.41, 5.74) is 7.81. The van der Waals surface area contributed by atoms with Gasteiger partial charge in [0, 0.05) is 27.5 Å². The van der Waals surface area contributed by atoms with Crippen molar-refractivity contribution in [3.63, 3.8) is 0 Å². The molecule has 0 saturated heterocycles. The quantitative estimate of drug-likeness (QED) is 0.142. The highest BCUT2D eigenvalue weighted by molar-refractivity contribution is 6.24. The van der Waals surface area contributed by atoms with Gasteiger partial charge >= 0.3 is 6.18 Å². The lowest BCUT2D eigenvalue weighted by Crippen LogP contribution is -2.05. The van der Waals surface area contributed by atoms with Crippen LogP contribution in [-0.2, 0) is 6.18 Å². The third kappa shape index (κ3) is 5.34. The van der Waals surface area contributed by atoms with Gasteiger partial charge in [0.05, 0.1) is 45.8 Å². The van der Waals surface area contributed by atoms with E-state index in [4.69, 9.17) is 21.5 Å². The van der Waals surface area contributed by atoms with Gasteiger partial charge in [-0.2, -0.15) is 13.2 Å². The summed E-state index contributed by atoms with van der Waals surface area (Å²) in [6.45, 7) is 9.88. The first-order chi connectivity index (χ1) is 23.8. The molecule has 7 heteroatoms. The summed E-state index contributed by atoms with van der Waals surface area (Å²) in [4.78, 5) is 19.6. The van der Waals surface area contributed by atoms with Gasteiger partial charge in [-0.3, -0.25) is 0 Å². The van der Waals surface area contributed by atoms with Crippen LogP contribution in [0.2, 0.25) is 0 Å². The van der Waals surface area contributed by atoms with Gasteiger partial charge < -0.3 is 0 Å². The summed E-state index contributed by atoms with van der Waals surface area (Å²) < 4.78 is 40.9. The van der Waals surface area contributed by atoms with Crippen LogP contribution >= 0.6 is 0 Å². The summed E-state index contributed by atoms with van der Waals surface area (Å²) >= 11 is 0. The number of hydrogen-bond acceptors (Lipinski definition) is 3. The van der Waals surface area contributed by atoms with Crippen molar-refractivity contribution in [3.05, 3.63) is 156 Å². The fraction of sp³-hybridized carbons (Fsp3) is 0.0476. The maximum absolute atomic E-state index is 13.6. The zero-order valence-electron chi connectivity index (χ0n) is 26.1. The number of hydrogen-bond donors (Lipinski definition) is 0. The molecule has 0 spiro atoms. The molecule has 0 aliphatic carbocycles. The van der Waals surface area contributed by atoms with Crippen LogP contribution in [0.4, 0.5) is 18.9 Å². The Bertz CT molecular complexity index is 2590. The van der Waals surface area contributed by atoms with Crippen molar-refractivity contribution in [1.82, 2.24) is 15.0 Å². The molecule has 2 heterocycles. The Hall–Kier alpha value is -6.39. The minimum absolute atomic E-state index is 0.430. The van der Waals surface area contributed by atoms with Gasteiger partial charge in [0.2, 0.25) is 0 Å². The second kappa shape index (κ2) is 11.7. The number of pyridine rings is 1. The minimum atomic E-state index is -4.45. The molecule has 4 nitrogen and oxygen atoms in total. The molecule has 6 aromatic carbocycles. The van der Waals surface area contributed by atoms with Crippen LogP contribution in [0, 0.1) is 13.5 Å². The van der Waals surface area contributed by atoms with Crippen LogP contribution in [0.1, 0.15) is 11.1 Å². The molecular formula is C42H25F3N4. The normalized spacial score (nSPS) is 11.7. The van der Waals surface area contributed by atoms with Gasteiger partial charge in [-0.05, 0) is 53.3 Å². The standard InChI is InChI=1S/C42H25F3N4/c1-25-21-30(23-31(22-25)42(43,44)45)26-17-19-29(20-18-26)38-37-36(32-15-9-10-16-33(32)47-38)34(46-2)24-35-41(37)49-40(28-13-7-4-8-14-28)39(48-35)27-11-5-3-6-12-27/h3-24H,1H3. The van der Waals surface area contributed by atoms with Gasteiger partial charge in [0.15, 0.2) is 5.69 Å². The number of rotatable bonds is 4. The van der Waals surface area contributed by atoms with Crippen molar-refractivity contribution in [2.24, 2.45) is 0 Å². The smallest absolute Gasteiger partial charge is 0.247 e. The largest absolute Gasteiger partial charge is 0.416 e. The van der Waals surface area contributed by atoms with Gasteiger partial charge in [0.25, 0.3) is 0 Å². The van der Waals surface area contributed by atoms with Crippen molar-refractivity contribution in [1.29, 1.82) is 0 Å². The number of aromatic nitrogens is 3. The third-order valence-electron chi connectivity index (χ3n) is 8.69. The Labute approximate surface area is 280 Å². The predicted molar refractivity (Wildman–Crippen MR) is 190 cm³/mol. The van der Waals surface area contributed by atoms with E-state index < -0.39 is 11.7 Å². The van der Waals surface area contributed by atoms with Crippen molar-refractivity contribution in [2.75, 3.05) is 0 Å². The number of nitrogens with zero attached hydrogens (tertiary/aromatic N) is 4. The molecule has 0 fully saturated rings. The van der Waals surface area contributed by atoms with Crippen LogP contribution in [0.3, 0.4) is 0 Å². The molecule has 0 bridgehead atoms. The number of aryl methyl sites for hydroxylation is 1. The molecule has 8 aromatic rings. The SMILES string of the molecule is [C-]#[N+]c1cc2nc(-c3ccccc3)c(-c3ccccc3)nc2c2c(-c3ccc(-c4cc(C)cc(C(F)(F)F)c4)cc3)nc3ccccc3c12. The second-order valence-electron chi connectivity index (χ2n) is 11.9. The average Bonchev–Trinajstić information content (AvgIpc) is 3.13. The van der Waals surface area contributed by atoms with Crippen LogP contribution in [0.25, 0.3) is 82.5 Å². The van der Waals surface area contributed by atoms with E-state index in [9.17, 15) is 13.2 Å². The molecule has 2 aromatic heterocycles. The Balaban J connectivity index is 1.43. The summed E-state index contributed by atoms with van der Waals surface area (Å²) in [7, 11) is 0. The molecule has 0 aliphatic heterocycles. The van der Waals surface area contributed by atoms with E-state index in [2.05, 4.69) is 4.85 Å². The van der Waals surface area contributed by atoms with Gasteiger partial charge in [-0.1, -0.05) is 109 Å². The van der Waals surface area contributed by atoms with E-state index in [1.165, 1.54) is 6.07 Å². The topological polar surface area (TPSA) is 43.0 Å². The number of fused-ring (bicyclic) bond motifs is 5. The molecule has 0 radical (unpaired) electrons. The molecule has 49 heavy (non-hydrogen) atoms. The zero-order valence-corrected chi connectivity index (χ0v) is 26.1. The van der Waals surface area contributed by atoms with Crippen molar-refractivity contribution >= 4 is 38.4 Å². The number of halogens is 3. The molecule has 0 saturated carbocycles. The van der Waals surface area contributed by atoms with E-state index in [1.807, 2.05) is 109 Å². The first-order valence-electron chi connectivity index (χ1n) is 15.6. The fourth-order valence-corrected chi connectivity index (χ4v) is 6.47. The highest BCUT2D eigenvalue weighted by atomic mass is 19.4. The van der Waals surface area contributed by atoms with Crippen LogP contribution in [0.5, 0.6) is 0 Å². The summed E-state index contributed by atoms with van der Waals surface area (Å²) in [5.74, 6) is 0. The summed E-state index contributed by atoms with van der Waals surface area (Å²) in [6, 6.07) is 40.6. The predicted octanol–water partition coefficient (Wildman–Crippen LogP) is 11.9. The Morgan fingerprint density at radius 3 is 1.76 bits per heavy atom. The Kier molecular flexibility index (Phi) is 7.15. The third-order valence-corrected chi connectivity index (χ3v) is 8.69. The molecule has 234 valence electrons. The van der Waals surface area contributed by atoms with E-state index in [0.717, 1.165) is 33.5 Å². The number of benzene rings is 6. The van der Waals surface area contributed by atoms with Gasteiger partial charge in [-0.15, -0.1) is 0 Å². The summed E-state index contributed by atoms with van der Waals surface area (Å²) in [5, 5.41) is 2.23. The van der Waals surface area contributed by atoms with E-state index >= 15 is 0 Å².